The van der Waals surface area contributed by atoms with Gasteiger partial charge in [-0.05, 0) is 19.1 Å². The van der Waals surface area contributed by atoms with Gasteiger partial charge in [0.25, 0.3) is 5.56 Å². The molecule has 2 aromatic heterocycles. The van der Waals surface area contributed by atoms with E-state index in [4.69, 9.17) is 11.6 Å². The van der Waals surface area contributed by atoms with E-state index in [1.807, 2.05) is 12.3 Å². The van der Waals surface area contributed by atoms with Gasteiger partial charge in [-0.3, -0.25) is 4.79 Å². The fourth-order valence-electron chi connectivity index (χ4n) is 2.32. The third-order valence-electron chi connectivity index (χ3n) is 3.52. The lowest BCUT2D eigenvalue weighted by Gasteiger charge is -2.19. The number of aryl methyl sites for hydroxylation is 1. The van der Waals surface area contributed by atoms with Gasteiger partial charge in [0, 0.05) is 18.5 Å². The number of anilines is 1. The molecule has 130 valence electrons. The van der Waals surface area contributed by atoms with Crippen LogP contribution < -0.4 is 10.5 Å². The molecule has 9 heteroatoms. The van der Waals surface area contributed by atoms with E-state index in [0.29, 0.717) is 18.3 Å². The van der Waals surface area contributed by atoms with Crippen LogP contribution in [0.5, 0.6) is 0 Å². The maximum Gasteiger partial charge on any atom is 0.292 e. The molecule has 0 bridgehead atoms. The molecular weight excluding hydrogens is 370 g/mol. The molecular formula is C16H13ClF2N4OS. The Kier molecular flexibility index (Phi) is 4.82. The number of thiazole rings is 1. The van der Waals surface area contributed by atoms with E-state index in [1.165, 1.54) is 17.5 Å². The molecule has 0 unspecified atom stereocenters. The molecule has 0 aliphatic rings. The van der Waals surface area contributed by atoms with Gasteiger partial charge in [-0.15, -0.1) is 11.3 Å². The molecule has 5 nitrogen and oxygen atoms in total. The van der Waals surface area contributed by atoms with Crippen molar-refractivity contribution < 1.29 is 8.78 Å². The molecule has 0 radical (unpaired) electrons. The molecule has 0 aliphatic heterocycles. The smallest absolute Gasteiger partial charge is 0.292 e. The van der Waals surface area contributed by atoms with Crippen LogP contribution in [0.1, 0.15) is 10.7 Å². The molecule has 25 heavy (non-hydrogen) atoms. The van der Waals surface area contributed by atoms with Crippen LogP contribution in [0.4, 0.5) is 14.5 Å². The Hall–Kier alpha value is -2.32. The summed E-state index contributed by atoms with van der Waals surface area (Å²) in [4.78, 5) is 18.5. The van der Waals surface area contributed by atoms with Gasteiger partial charge >= 0.3 is 0 Å². The Morgan fingerprint density at radius 3 is 2.76 bits per heavy atom. The second-order valence-corrected chi connectivity index (χ2v) is 6.81. The second-order valence-electron chi connectivity index (χ2n) is 5.37. The number of hydrogen-bond donors (Lipinski definition) is 0. The van der Waals surface area contributed by atoms with Crippen molar-refractivity contribution in [2.75, 3.05) is 11.9 Å². The second kappa shape index (κ2) is 6.89. The van der Waals surface area contributed by atoms with Gasteiger partial charge < -0.3 is 4.90 Å². The highest BCUT2D eigenvalue weighted by Gasteiger charge is 2.17. The highest BCUT2D eigenvalue weighted by atomic mass is 35.5. The lowest BCUT2D eigenvalue weighted by molar-refractivity contribution is 0.570. The zero-order valence-electron chi connectivity index (χ0n) is 13.3. The summed E-state index contributed by atoms with van der Waals surface area (Å²) in [7, 11) is 1.75. The minimum atomic E-state index is -0.898. The number of nitrogens with zero attached hydrogens (tertiary/aromatic N) is 4. The van der Waals surface area contributed by atoms with Crippen molar-refractivity contribution in [3.63, 3.8) is 0 Å². The average Bonchev–Trinajstić information content (AvgIpc) is 2.95. The van der Waals surface area contributed by atoms with E-state index >= 15 is 0 Å². The number of aromatic nitrogens is 3. The van der Waals surface area contributed by atoms with Gasteiger partial charge in [0.05, 0.1) is 29.1 Å². The summed E-state index contributed by atoms with van der Waals surface area (Å²) in [6.07, 6.45) is 1.37. The fraction of sp³-hybridized carbons (Fsp3) is 0.188. The van der Waals surface area contributed by atoms with E-state index in [2.05, 4.69) is 10.1 Å². The molecule has 3 rings (SSSR count). The summed E-state index contributed by atoms with van der Waals surface area (Å²) in [6, 6.07) is 2.86. The Balaban J connectivity index is 1.96. The average molecular weight is 383 g/mol. The third kappa shape index (κ3) is 3.54. The van der Waals surface area contributed by atoms with Gasteiger partial charge in [-0.25, -0.2) is 13.8 Å². The van der Waals surface area contributed by atoms with Gasteiger partial charge in [-0.2, -0.15) is 9.78 Å². The monoisotopic (exact) mass is 382 g/mol. The van der Waals surface area contributed by atoms with Crippen molar-refractivity contribution in [1.82, 2.24) is 14.8 Å². The highest BCUT2D eigenvalue weighted by molar-refractivity contribution is 7.09. The summed E-state index contributed by atoms with van der Waals surface area (Å²) in [6.45, 7) is 2.35. The molecule has 0 atom stereocenters. The van der Waals surface area contributed by atoms with E-state index in [9.17, 15) is 13.6 Å². The van der Waals surface area contributed by atoms with Crippen LogP contribution in [0.3, 0.4) is 0 Å². The van der Waals surface area contributed by atoms with E-state index in [-0.39, 0.29) is 10.7 Å². The first-order valence-corrected chi connectivity index (χ1v) is 8.48. The number of rotatable bonds is 4. The van der Waals surface area contributed by atoms with Crippen LogP contribution in [0, 0.1) is 18.6 Å². The minimum Gasteiger partial charge on any atom is -0.366 e. The van der Waals surface area contributed by atoms with E-state index < -0.39 is 17.2 Å². The van der Waals surface area contributed by atoms with E-state index in [1.54, 1.807) is 11.9 Å². The normalized spacial score (nSPS) is 10.9. The van der Waals surface area contributed by atoms with Crippen molar-refractivity contribution >= 4 is 28.6 Å². The first kappa shape index (κ1) is 17.5. The van der Waals surface area contributed by atoms with Crippen molar-refractivity contribution in [1.29, 1.82) is 0 Å². The van der Waals surface area contributed by atoms with Gasteiger partial charge in [-0.1, -0.05) is 11.6 Å². The predicted molar refractivity (Wildman–Crippen MR) is 93.7 cm³/mol. The quantitative estimate of drug-likeness (QED) is 0.692. The summed E-state index contributed by atoms with van der Waals surface area (Å²) in [5.41, 5.74) is 0.384. The summed E-state index contributed by atoms with van der Waals surface area (Å²) >= 11 is 7.70. The van der Waals surface area contributed by atoms with Crippen molar-refractivity contribution in [2.45, 2.75) is 13.5 Å². The van der Waals surface area contributed by atoms with Crippen molar-refractivity contribution in [3.8, 4) is 5.69 Å². The molecule has 2 heterocycles. The van der Waals surface area contributed by atoms with Crippen LogP contribution in [-0.4, -0.2) is 21.8 Å². The van der Waals surface area contributed by atoms with Crippen LogP contribution in [-0.2, 0) is 6.54 Å². The zero-order chi connectivity index (χ0) is 18.1. The Morgan fingerprint density at radius 1 is 1.36 bits per heavy atom. The lowest BCUT2D eigenvalue weighted by atomic mass is 10.3. The number of hydrogen-bond acceptors (Lipinski definition) is 5. The number of benzene rings is 1. The third-order valence-corrected chi connectivity index (χ3v) is 4.69. The Bertz CT molecular complexity index is 989. The molecule has 0 saturated heterocycles. The predicted octanol–water partition coefficient (Wildman–Crippen LogP) is 3.57. The van der Waals surface area contributed by atoms with Crippen LogP contribution >= 0.6 is 22.9 Å². The fourth-order valence-corrected chi connectivity index (χ4v) is 3.20. The van der Waals surface area contributed by atoms with Gasteiger partial charge in [0.1, 0.15) is 16.5 Å². The summed E-state index contributed by atoms with van der Waals surface area (Å²) < 4.78 is 27.7. The summed E-state index contributed by atoms with van der Waals surface area (Å²) in [5.74, 6) is -1.64. The zero-order valence-corrected chi connectivity index (χ0v) is 14.9. The first-order chi connectivity index (χ1) is 11.9. The molecule has 0 aliphatic carbocycles. The maximum atomic E-state index is 13.9. The topological polar surface area (TPSA) is 51.0 Å². The van der Waals surface area contributed by atoms with Crippen LogP contribution in [0.25, 0.3) is 5.69 Å². The Labute approximate surface area is 151 Å². The first-order valence-electron chi connectivity index (χ1n) is 7.22. The molecule has 3 aromatic rings. The van der Waals surface area contributed by atoms with Gasteiger partial charge in [0.2, 0.25) is 0 Å². The molecule has 0 saturated carbocycles. The SMILES string of the molecule is Cc1nc(CN(C)c2cnn(-c3ccc(F)cc3F)c(=O)c2Cl)cs1. The molecule has 0 spiro atoms. The molecule has 0 N–H and O–H groups in total. The highest BCUT2D eigenvalue weighted by Crippen LogP contribution is 2.23. The van der Waals surface area contributed by atoms with Crippen LogP contribution in [0.2, 0.25) is 5.02 Å². The number of halogens is 3. The van der Waals surface area contributed by atoms with Crippen molar-refractivity contribution in [3.05, 3.63) is 67.5 Å². The maximum absolute atomic E-state index is 13.9. The summed E-state index contributed by atoms with van der Waals surface area (Å²) in [5, 5.41) is 6.72. The largest absolute Gasteiger partial charge is 0.366 e. The minimum absolute atomic E-state index is 0.104. The van der Waals surface area contributed by atoms with Gasteiger partial charge in [0.15, 0.2) is 5.82 Å². The molecule has 1 aromatic carbocycles. The van der Waals surface area contributed by atoms with Crippen molar-refractivity contribution in [2.24, 2.45) is 0 Å². The van der Waals surface area contributed by atoms with E-state index in [0.717, 1.165) is 27.5 Å². The lowest BCUT2D eigenvalue weighted by Crippen LogP contribution is -2.26. The molecule has 0 amide bonds. The molecule has 0 fully saturated rings. The van der Waals surface area contributed by atoms with Crippen LogP contribution in [0.15, 0.2) is 34.6 Å². The Morgan fingerprint density at radius 2 is 2.12 bits per heavy atom. The standard InChI is InChI=1S/C16H13ClF2N4OS/c1-9-21-11(8-25-9)7-22(2)14-6-20-23(16(24)15(14)17)13-4-3-10(18)5-12(13)19/h3-6,8H,7H2,1-2H3.